The molecule has 1 aliphatic heterocycles. The van der Waals surface area contributed by atoms with Crippen molar-refractivity contribution >= 4 is 34.3 Å². The van der Waals surface area contributed by atoms with Crippen LogP contribution in [0, 0.1) is 13.8 Å². The van der Waals surface area contributed by atoms with Crippen molar-refractivity contribution in [3.05, 3.63) is 73.8 Å². The van der Waals surface area contributed by atoms with Crippen LogP contribution in [-0.2, 0) is 0 Å². The average molecular weight is 497 g/mol. The van der Waals surface area contributed by atoms with Gasteiger partial charge in [0.15, 0.2) is 22.7 Å². The number of halogens is 1. The summed E-state index contributed by atoms with van der Waals surface area (Å²) >= 11 is 6.31. The molecule has 0 aliphatic carbocycles. The number of rotatable bonds is 5. The van der Waals surface area contributed by atoms with Gasteiger partial charge in [0.2, 0.25) is 11.5 Å². The molecule has 10 heteroatoms. The minimum Gasteiger partial charge on any atom is -0.493 e. The highest BCUT2D eigenvalue weighted by molar-refractivity contribution is 6.32. The summed E-state index contributed by atoms with van der Waals surface area (Å²) < 4.78 is 27.7. The molecule has 4 aromatic rings. The normalized spacial score (nSPS) is 15.0. The SMILES string of the molecule is COc1cc([C@@H]2c3c(oc4cc(C)c(Cl)cc4c3=O)C(=O)N2c2cc(C)on2)cc(OC)c1OC. The Hall–Kier alpha value is -3.98. The third-order valence-corrected chi connectivity index (χ3v) is 6.42. The Balaban J connectivity index is 1.85. The Kier molecular flexibility index (Phi) is 5.44. The van der Waals surface area contributed by atoms with Gasteiger partial charge in [0.05, 0.1) is 38.3 Å². The van der Waals surface area contributed by atoms with Crippen LogP contribution in [0.4, 0.5) is 5.82 Å². The van der Waals surface area contributed by atoms with Gasteiger partial charge in [-0.25, -0.2) is 0 Å². The van der Waals surface area contributed by atoms with Crippen LogP contribution in [0.25, 0.3) is 11.0 Å². The van der Waals surface area contributed by atoms with E-state index in [1.807, 2.05) is 0 Å². The summed E-state index contributed by atoms with van der Waals surface area (Å²) in [6.07, 6.45) is 0. The number of methoxy groups -OCH3 is 3. The number of ether oxygens (including phenoxy) is 3. The highest BCUT2D eigenvalue weighted by Crippen LogP contribution is 2.46. The number of carbonyl (C=O) groups excluding carboxylic acids is 1. The molecule has 0 bridgehead atoms. The molecule has 2 aromatic heterocycles. The Morgan fingerprint density at radius 1 is 0.971 bits per heavy atom. The maximum atomic E-state index is 13.8. The van der Waals surface area contributed by atoms with Crippen LogP contribution in [0.15, 0.2) is 44.1 Å². The molecule has 0 N–H and O–H groups in total. The Labute approximate surface area is 204 Å². The molecule has 0 unspecified atom stereocenters. The van der Waals surface area contributed by atoms with Gasteiger partial charge in [0.25, 0.3) is 5.91 Å². The van der Waals surface area contributed by atoms with Gasteiger partial charge in [-0.1, -0.05) is 16.8 Å². The molecule has 1 atom stereocenters. The highest BCUT2D eigenvalue weighted by atomic mass is 35.5. The number of aromatic nitrogens is 1. The van der Waals surface area contributed by atoms with E-state index in [2.05, 4.69) is 5.16 Å². The van der Waals surface area contributed by atoms with E-state index >= 15 is 0 Å². The van der Waals surface area contributed by atoms with E-state index in [0.29, 0.717) is 33.6 Å². The van der Waals surface area contributed by atoms with Gasteiger partial charge in [-0.3, -0.25) is 14.5 Å². The number of anilines is 1. The maximum absolute atomic E-state index is 13.8. The number of fused-ring (bicyclic) bond motifs is 2. The summed E-state index contributed by atoms with van der Waals surface area (Å²) in [7, 11) is 4.46. The fourth-order valence-electron chi connectivity index (χ4n) is 4.37. The van der Waals surface area contributed by atoms with Crippen molar-refractivity contribution < 1.29 is 27.9 Å². The molecular formula is C25H21ClN2O7. The second-order valence-corrected chi connectivity index (χ2v) is 8.51. The van der Waals surface area contributed by atoms with Crippen molar-refractivity contribution in [1.82, 2.24) is 5.16 Å². The van der Waals surface area contributed by atoms with Crippen LogP contribution in [0.5, 0.6) is 17.2 Å². The molecule has 35 heavy (non-hydrogen) atoms. The second-order valence-electron chi connectivity index (χ2n) is 8.10. The molecular weight excluding hydrogens is 476 g/mol. The third kappa shape index (κ3) is 3.42. The number of hydrogen-bond donors (Lipinski definition) is 0. The van der Waals surface area contributed by atoms with E-state index in [1.165, 1.54) is 26.2 Å². The van der Waals surface area contributed by atoms with Crippen molar-refractivity contribution in [2.24, 2.45) is 0 Å². The first kappa shape index (κ1) is 22.8. The van der Waals surface area contributed by atoms with Crippen molar-refractivity contribution in [3.8, 4) is 17.2 Å². The summed E-state index contributed by atoms with van der Waals surface area (Å²) in [5.74, 6) is 1.22. The number of carbonyl (C=O) groups is 1. The first-order valence-corrected chi connectivity index (χ1v) is 11.0. The summed E-state index contributed by atoms with van der Waals surface area (Å²) in [6.45, 7) is 3.50. The lowest BCUT2D eigenvalue weighted by molar-refractivity contribution is 0.0969. The summed E-state index contributed by atoms with van der Waals surface area (Å²) in [6, 6.07) is 7.26. The summed E-state index contributed by atoms with van der Waals surface area (Å²) in [5.41, 5.74) is 1.29. The van der Waals surface area contributed by atoms with Crippen molar-refractivity contribution in [2.75, 3.05) is 26.2 Å². The minimum atomic E-state index is -0.906. The molecule has 0 radical (unpaired) electrons. The van der Waals surface area contributed by atoms with Crippen LogP contribution in [-0.4, -0.2) is 32.4 Å². The lowest BCUT2D eigenvalue weighted by Crippen LogP contribution is -2.29. The molecule has 2 aromatic carbocycles. The van der Waals surface area contributed by atoms with Crippen LogP contribution < -0.4 is 24.5 Å². The van der Waals surface area contributed by atoms with Crippen LogP contribution in [0.3, 0.4) is 0 Å². The molecule has 3 heterocycles. The van der Waals surface area contributed by atoms with Crippen LogP contribution in [0.1, 0.15) is 39.0 Å². The molecule has 180 valence electrons. The minimum absolute atomic E-state index is 0.0800. The number of aryl methyl sites for hydroxylation is 2. The zero-order chi connectivity index (χ0) is 25.0. The molecule has 9 nitrogen and oxygen atoms in total. The molecule has 0 saturated heterocycles. The van der Waals surface area contributed by atoms with Gasteiger partial charge in [0, 0.05) is 11.1 Å². The van der Waals surface area contributed by atoms with Gasteiger partial charge in [-0.15, -0.1) is 0 Å². The quantitative estimate of drug-likeness (QED) is 0.387. The molecule has 5 rings (SSSR count). The number of benzene rings is 2. The summed E-state index contributed by atoms with van der Waals surface area (Å²) in [4.78, 5) is 28.8. The molecule has 0 spiro atoms. The Morgan fingerprint density at radius 2 is 1.66 bits per heavy atom. The zero-order valence-corrected chi connectivity index (χ0v) is 20.4. The Morgan fingerprint density at radius 3 is 2.23 bits per heavy atom. The molecule has 1 amide bonds. The van der Waals surface area contributed by atoms with Gasteiger partial charge in [-0.05, 0) is 49.2 Å². The first-order valence-electron chi connectivity index (χ1n) is 10.6. The smallest absolute Gasteiger partial charge is 0.296 e. The van der Waals surface area contributed by atoms with Gasteiger partial charge < -0.3 is 23.2 Å². The third-order valence-electron chi connectivity index (χ3n) is 6.02. The summed E-state index contributed by atoms with van der Waals surface area (Å²) in [5, 5.41) is 4.72. The van der Waals surface area contributed by atoms with E-state index in [9.17, 15) is 9.59 Å². The lowest BCUT2D eigenvalue weighted by Gasteiger charge is -2.24. The zero-order valence-electron chi connectivity index (χ0n) is 19.6. The van der Waals surface area contributed by atoms with Crippen molar-refractivity contribution in [1.29, 1.82) is 0 Å². The van der Waals surface area contributed by atoms with Crippen LogP contribution >= 0.6 is 11.6 Å². The fraction of sp³-hybridized carbons (Fsp3) is 0.240. The van der Waals surface area contributed by atoms with Gasteiger partial charge in [-0.2, -0.15) is 0 Å². The second kappa shape index (κ2) is 8.35. The van der Waals surface area contributed by atoms with E-state index < -0.39 is 11.9 Å². The average Bonchev–Trinajstić information content (AvgIpc) is 3.40. The predicted octanol–water partition coefficient (Wildman–Crippen LogP) is 4.83. The van der Waals surface area contributed by atoms with Crippen LogP contribution in [0.2, 0.25) is 5.02 Å². The highest BCUT2D eigenvalue weighted by Gasteiger charge is 2.45. The molecule has 0 saturated carbocycles. The van der Waals surface area contributed by atoms with Crippen molar-refractivity contribution in [2.45, 2.75) is 19.9 Å². The number of amides is 1. The predicted molar refractivity (Wildman–Crippen MR) is 128 cm³/mol. The van der Waals surface area contributed by atoms with E-state index in [1.54, 1.807) is 44.2 Å². The molecule has 1 aliphatic rings. The van der Waals surface area contributed by atoms with Crippen molar-refractivity contribution in [3.63, 3.8) is 0 Å². The van der Waals surface area contributed by atoms with Gasteiger partial charge in [0.1, 0.15) is 11.3 Å². The van der Waals surface area contributed by atoms with E-state index in [-0.39, 0.29) is 33.5 Å². The Bertz CT molecular complexity index is 1530. The maximum Gasteiger partial charge on any atom is 0.296 e. The molecule has 0 fully saturated rings. The first-order chi connectivity index (χ1) is 16.8. The monoisotopic (exact) mass is 496 g/mol. The van der Waals surface area contributed by atoms with E-state index in [4.69, 9.17) is 34.8 Å². The topological polar surface area (TPSA) is 104 Å². The fourth-order valence-corrected chi connectivity index (χ4v) is 4.53. The standard InChI is InChI=1S/C25H21ClN2O7/c1-11-6-16-14(10-15(11)26)22(29)20-21(13-8-17(31-3)23(33-5)18(9-13)32-4)28(25(30)24(20)34-16)19-7-12(2)35-27-19/h6-10,21H,1-5H3/t21-/m1/s1. The number of nitrogens with zero attached hydrogens (tertiary/aromatic N) is 2. The number of hydrogen-bond acceptors (Lipinski definition) is 8. The van der Waals surface area contributed by atoms with Gasteiger partial charge >= 0.3 is 0 Å². The lowest BCUT2D eigenvalue weighted by atomic mass is 9.97. The largest absolute Gasteiger partial charge is 0.493 e. The van der Waals surface area contributed by atoms with E-state index in [0.717, 1.165) is 5.56 Å².